The number of hydrogen-bond donors (Lipinski definition) is 2. The number of imide groups is 1. The third-order valence-corrected chi connectivity index (χ3v) is 4.01. The van der Waals surface area contributed by atoms with Gasteiger partial charge in [-0.15, -0.1) is 0 Å². The fourth-order valence-corrected chi connectivity index (χ4v) is 2.69. The lowest BCUT2D eigenvalue weighted by molar-refractivity contribution is -0.132. The quantitative estimate of drug-likeness (QED) is 0.816. The zero-order valence-electron chi connectivity index (χ0n) is 14.0. The van der Waals surface area contributed by atoms with Crippen LogP contribution in [0, 0.1) is 0 Å². The Hall–Kier alpha value is -2.37. The van der Waals surface area contributed by atoms with Crippen LogP contribution in [0.25, 0.3) is 0 Å². The number of para-hydroxylation sites is 1. The first-order chi connectivity index (χ1) is 10.8. The maximum Gasteiger partial charge on any atom is 0.325 e. The van der Waals surface area contributed by atoms with Gasteiger partial charge < -0.3 is 10.6 Å². The van der Waals surface area contributed by atoms with Crippen molar-refractivity contribution in [2.24, 2.45) is 0 Å². The topological polar surface area (TPSA) is 78.5 Å². The van der Waals surface area contributed by atoms with Crippen LogP contribution >= 0.6 is 0 Å². The monoisotopic (exact) mass is 317 g/mol. The summed E-state index contributed by atoms with van der Waals surface area (Å²) in [6.07, 6.45) is 1.58. The minimum Gasteiger partial charge on any atom is -0.324 e. The Morgan fingerprint density at radius 3 is 2.17 bits per heavy atom. The van der Waals surface area contributed by atoms with Crippen molar-refractivity contribution in [2.45, 2.75) is 46.1 Å². The standard InChI is InChI=1S/C17H23N3O3/c1-5-11-8-7-9-12(6-2)14(11)18-13(21)10-20-15(22)17(3,4)19-16(20)23/h7-9H,5-6,10H2,1-4H3,(H,18,21)(H,19,23). The average Bonchev–Trinajstić information content (AvgIpc) is 2.69. The summed E-state index contributed by atoms with van der Waals surface area (Å²) in [7, 11) is 0. The Labute approximate surface area is 136 Å². The Kier molecular flexibility index (Phi) is 4.73. The SMILES string of the molecule is CCc1cccc(CC)c1NC(=O)CN1C(=O)NC(C)(C)C1=O. The predicted octanol–water partition coefficient (Wildman–Crippen LogP) is 2.08. The van der Waals surface area contributed by atoms with E-state index in [0.717, 1.165) is 34.6 Å². The second kappa shape index (κ2) is 6.40. The summed E-state index contributed by atoms with van der Waals surface area (Å²) in [6, 6.07) is 5.36. The first-order valence-corrected chi connectivity index (χ1v) is 7.84. The number of rotatable bonds is 5. The molecule has 1 aromatic rings. The number of amides is 4. The van der Waals surface area contributed by atoms with Crippen LogP contribution in [0.2, 0.25) is 0 Å². The first-order valence-electron chi connectivity index (χ1n) is 7.84. The van der Waals surface area contributed by atoms with Gasteiger partial charge in [-0.25, -0.2) is 4.79 Å². The molecule has 0 radical (unpaired) electrons. The molecule has 0 unspecified atom stereocenters. The van der Waals surface area contributed by atoms with Crippen LogP contribution in [0.4, 0.5) is 10.5 Å². The molecule has 4 amide bonds. The summed E-state index contributed by atoms with van der Waals surface area (Å²) in [5, 5.41) is 5.43. The number of anilines is 1. The predicted molar refractivity (Wildman–Crippen MR) is 88.2 cm³/mol. The van der Waals surface area contributed by atoms with Gasteiger partial charge in [-0.3, -0.25) is 14.5 Å². The van der Waals surface area contributed by atoms with Gasteiger partial charge >= 0.3 is 6.03 Å². The molecule has 1 aromatic carbocycles. The molecule has 23 heavy (non-hydrogen) atoms. The molecule has 0 aliphatic carbocycles. The van der Waals surface area contributed by atoms with Crippen molar-refractivity contribution in [2.75, 3.05) is 11.9 Å². The Morgan fingerprint density at radius 2 is 1.74 bits per heavy atom. The zero-order chi connectivity index (χ0) is 17.2. The molecule has 0 bridgehead atoms. The smallest absolute Gasteiger partial charge is 0.324 e. The van der Waals surface area contributed by atoms with E-state index in [-0.39, 0.29) is 12.5 Å². The molecular formula is C17H23N3O3. The highest BCUT2D eigenvalue weighted by molar-refractivity contribution is 6.09. The maximum absolute atomic E-state index is 12.3. The normalized spacial score (nSPS) is 16.4. The molecule has 6 nitrogen and oxygen atoms in total. The van der Waals surface area contributed by atoms with E-state index in [4.69, 9.17) is 0 Å². The Morgan fingerprint density at radius 1 is 1.17 bits per heavy atom. The Bertz CT molecular complexity index is 630. The molecule has 0 atom stereocenters. The highest BCUT2D eigenvalue weighted by atomic mass is 16.2. The zero-order valence-corrected chi connectivity index (χ0v) is 14.0. The van der Waals surface area contributed by atoms with E-state index in [1.807, 2.05) is 32.0 Å². The lowest BCUT2D eigenvalue weighted by atomic mass is 10.0. The van der Waals surface area contributed by atoms with Crippen LogP contribution < -0.4 is 10.6 Å². The summed E-state index contributed by atoms with van der Waals surface area (Å²) >= 11 is 0. The molecule has 1 saturated heterocycles. The highest BCUT2D eigenvalue weighted by Gasteiger charge is 2.44. The van der Waals surface area contributed by atoms with Crippen molar-refractivity contribution in [3.05, 3.63) is 29.3 Å². The molecule has 6 heteroatoms. The van der Waals surface area contributed by atoms with Gasteiger partial charge in [-0.2, -0.15) is 0 Å². The van der Waals surface area contributed by atoms with E-state index in [9.17, 15) is 14.4 Å². The molecule has 1 aliphatic rings. The number of carbonyl (C=O) groups is 3. The van der Waals surface area contributed by atoms with E-state index in [1.54, 1.807) is 13.8 Å². The molecule has 0 spiro atoms. The molecule has 1 aliphatic heterocycles. The van der Waals surface area contributed by atoms with Gasteiger partial charge in [0.05, 0.1) is 0 Å². The second-order valence-corrected chi connectivity index (χ2v) is 6.15. The lowest BCUT2D eigenvalue weighted by Crippen LogP contribution is -2.41. The second-order valence-electron chi connectivity index (χ2n) is 6.15. The summed E-state index contributed by atoms with van der Waals surface area (Å²) in [6.45, 7) is 6.99. The summed E-state index contributed by atoms with van der Waals surface area (Å²) in [5.41, 5.74) is 1.90. The minimum atomic E-state index is -0.965. The van der Waals surface area contributed by atoms with E-state index in [1.165, 1.54) is 0 Å². The van der Waals surface area contributed by atoms with Crippen molar-refractivity contribution in [3.63, 3.8) is 0 Å². The van der Waals surface area contributed by atoms with Gasteiger partial charge in [0.15, 0.2) is 0 Å². The summed E-state index contributed by atoms with van der Waals surface area (Å²) in [4.78, 5) is 37.3. The average molecular weight is 317 g/mol. The van der Waals surface area contributed by atoms with Crippen LogP contribution in [0.5, 0.6) is 0 Å². The summed E-state index contributed by atoms with van der Waals surface area (Å²) < 4.78 is 0. The van der Waals surface area contributed by atoms with Crippen LogP contribution in [-0.4, -0.2) is 34.8 Å². The van der Waals surface area contributed by atoms with Gasteiger partial charge in [-0.1, -0.05) is 32.0 Å². The molecule has 2 N–H and O–H groups in total. The van der Waals surface area contributed by atoms with E-state index < -0.39 is 17.5 Å². The van der Waals surface area contributed by atoms with Crippen LogP contribution in [0.15, 0.2) is 18.2 Å². The van der Waals surface area contributed by atoms with Gasteiger partial charge in [0.1, 0.15) is 12.1 Å². The molecule has 0 saturated carbocycles. The lowest BCUT2D eigenvalue weighted by Gasteiger charge is -2.18. The third kappa shape index (κ3) is 3.36. The summed E-state index contributed by atoms with van der Waals surface area (Å²) in [5.74, 6) is -0.765. The number of aryl methyl sites for hydroxylation is 2. The van der Waals surface area contributed by atoms with Crippen molar-refractivity contribution in [1.29, 1.82) is 0 Å². The van der Waals surface area contributed by atoms with Crippen molar-refractivity contribution in [1.82, 2.24) is 10.2 Å². The number of urea groups is 1. The van der Waals surface area contributed by atoms with E-state index in [0.29, 0.717) is 0 Å². The number of hydrogen-bond acceptors (Lipinski definition) is 3. The number of carbonyl (C=O) groups excluding carboxylic acids is 3. The maximum atomic E-state index is 12.3. The number of benzene rings is 1. The van der Waals surface area contributed by atoms with E-state index in [2.05, 4.69) is 10.6 Å². The number of nitrogens with zero attached hydrogens (tertiary/aromatic N) is 1. The first kappa shape index (κ1) is 17.0. The molecule has 2 rings (SSSR count). The Balaban J connectivity index is 2.15. The van der Waals surface area contributed by atoms with Crippen molar-refractivity contribution in [3.8, 4) is 0 Å². The minimum absolute atomic E-state index is 0.282. The van der Waals surface area contributed by atoms with Crippen molar-refractivity contribution < 1.29 is 14.4 Å². The number of nitrogens with one attached hydrogen (secondary N) is 2. The fraction of sp³-hybridized carbons (Fsp3) is 0.471. The highest BCUT2D eigenvalue weighted by Crippen LogP contribution is 2.23. The molecular weight excluding hydrogens is 294 g/mol. The molecule has 1 fully saturated rings. The molecule has 124 valence electrons. The van der Waals surface area contributed by atoms with Gasteiger partial charge in [-0.05, 0) is 37.8 Å². The third-order valence-electron chi connectivity index (χ3n) is 4.01. The largest absolute Gasteiger partial charge is 0.325 e. The van der Waals surface area contributed by atoms with Crippen LogP contribution in [-0.2, 0) is 22.4 Å². The van der Waals surface area contributed by atoms with Gasteiger partial charge in [0, 0.05) is 5.69 Å². The molecule has 1 heterocycles. The van der Waals surface area contributed by atoms with Crippen LogP contribution in [0.3, 0.4) is 0 Å². The molecule has 0 aromatic heterocycles. The van der Waals surface area contributed by atoms with E-state index >= 15 is 0 Å². The van der Waals surface area contributed by atoms with Crippen LogP contribution in [0.1, 0.15) is 38.8 Å². The van der Waals surface area contributed by atoms with Crippen molar-refractivity contribution >= 4 is 23.5 Å². The van der Waals surface area contributed by atoms with Gasteiger partial charge in [0.25, 0.3) is 5.91 Å². The van der Waals surface area contributed by atoms with Gasteiger partial charge in [0.2, 0.25) is 5.91 Å². The fourth-order valence-electron chi connectivity index (χ4n) is 2.69.